The van der Waals surface area contributed by atoms with Gasteiger partial charge in [-0.15, -0.1) is 0 Å². The second-order valence-electron chi connectivity index (χ2n) is 17.0. The molecule has 1 aliphatic heterocycles. The highest BCUT2D eigenvalue weighted by molar-refractivity contribution is 6.15. The van der Waals surface area contributed by atoms with Crippen LogP contribution < -0.4 is 0 Å². The molecule has 12 rings (SSSR count). The Bertz CT molecular complexity index is 3540. The van der Waals surface area contributed by atoms with Gasteiger partial charge in [-0.05, 0) is 118 Å². The molecule has 1 aliphatic rings. The van der Waals surface area contributed by atoms with Crippen molar-refractivity contribution in [2.45, 2.75) is 19.4 Å². The quantitative estimate of drug-likeness (QED) is 0.146. The molecule has 0 saturated heterocycles. The van der Waals surface area contributed by atoms with Crippen molar-refractivity contribution in [1.29, 1.82) is 0 Å². The normalized spacial score (nSPS) is 15.2. The van der Waals surface area contributed by atoms with E-state index in [1.54, 1.807) is 0 Å². The van der Waals surface area contributed by atoms with Crippen LogP contribution in [0.15, 0.2) is 236 Å². The Balaban J connectivity index is 0.990. The first kappa shape index (κ1) is 37.7. The van der Waals surface area contributed by atoms with E-state index >= 15 is 0 Å². The number of dihydropyridines is 1. The third-order valence-corrected chi connectivity index (χ3v) is 13.3. The summed E-state index contributed by atoms with van der Waals surface area (Å²) in [6.07, 6.45) is 3.35. The molecule has 0 fully saturated rings. The number of hydrogen-bond donors (Lipinski definition) is 0. The van der Waals surface area contributed by atoms with E-state index in [0.717, 1.165) is 29.1 Å². The zero-order chi connectivity index (χ0) is 42.6. The van der Waals surface area contributed by atoms with Crippen LogP contribution in [0.3, 0.4) is 0 Å². The molecule has 304 valence electrons. The van der Waals surface area contributed by atoms with Crippen LogP contribution in [0.2, 0.25) is 0 Å². The van der Waals surface area contributed by atoms with Crippen molar-refractivity contribution in [1.82, 2.24) is 9.13 Å². The minimum absolute atomic E-state index is 0.0300. The van der Waals surface area contributed by atoms with Crippen molar-refractivity contribution in [2.24, 2.45) is 10.9 Å². The molecule has 3 heteroatoms. The number of para-hydroxylation sites is 3. The fourth-order valence-corrected chi connectivity index (χ4v) is 10.3. The third-order valence-electron chi connectivity index (χ3n) is 13.3. The molecule has 2 aromatic heterocycles. The lowest BCUT2D eigenvalue weighted by molar-refractivity contribution is 0.519. The fourth-order valence-electron chi connectivity index (χ4n) is 10.3. The second kappa shape index (κ2) is 15.7. The molecule has 2 unspecified atom stereocenters. The summed E-state index contributed by atoms with van der Waals surface area (Å²) in [6, 6.07) is 81.8. The lowest BCUT2D eigenvalue weighted by atomic mass is 9.79. The van der Waals surface area contributed by atoms with Gasteiger partial charge in [0.2, 0.25) is 0 Å². The van der Waals surface area contributed by atoms with Gasteiger partial charge in [0, 0.05) is 44.4 Å². The van der Waals surface area contributed by atoms with Gasteiger partial charge in [0.1, 0.15) is 0 Å². The van der Waals surface area contributed by atoms with Crippen LogP contribution in [0.5, 0.6) is 0 Å². The van der Waals surface area contributed by atoms with Crippen LogP contribution in [0.1, 0.15) is 36.1 Å². The van der Waals surface area contributed by atoms with E-state index in [9.17, 15) is 0 Å². The molecule has 0 saturated carbocycles. The minimum Gasteiger partial charge on any atom is -0.309 e. The second-order valence-corrected chi connectivity index (χ2v) is 17.0. The van der Waals surface area contributed by atoms with Crippen LogP contribution in [-0.2, 0) is 0 Å². The van der Waals surface area contributed by atoms with Crippen molar-refractivity contribution < 1.29 is 0 Å². The van der Waals surface area contributed by atoms with Crippen molar-refractivity contribution in [2.75, 3.05) is 0 Å². The standard InChI is InChI=1S/C61H45N3/c1-2-50-53(41-18-6-3-7-19-41)40-56(62-61(50)42-20-8-4-9-21-42)47-24-16-22-43(36-47)45-32-34-59-54(38-45)55-39-46(33-35-60(55)63(59)48-25-10-5-11-26-48)44-23-17-27-49(37-44)64-57-30-14-12-28-51(57)52-29-13-15-31-58(52)64/h3-40,50,61H,2H2,1H3. The first-order valence-electron chi connectivity index (χ1n) is 22.4. The van der Waals surface area contributed by atoms with Gasteiger partial charge in [-0.25, -0.2) is 0 Å². The van der Waals surface area contributed by atoms with Crippen LogP contribution in [-0.4, -0.2) is 14.8 Å². The molecule has 0 aliphatic carbocycles. The first-order valence-corrected chi connectivity index (χ1v) is 22.4. The van der Waals surface area contributed by atoms with E-state index in [4.69, 9.17) is 4.99 Å². The van der Waals surface area contributed by atoms with Gasteiger partial charge in [-0.1, -0.05) is 165 Å². The summed E-state index contributed by atoms with van der Waals surface area (Å²) in [6.45, 7) is 2.29. The molecule has 3 nitrogen and oxygen atoms in total. The maximum atomic E-state index is 5.54. The summed E-state index contributed by atoms with van der Waals surface area (Å²) in [7, 11) is 0. The summed E-state index contributed by atoms with van der Waals surface area (Å²) in [4.78, 5) is 5.54. The molecule has 2 atom stereocenters. The van der Waals surface area contributed by atoms with Gasteiger partial charge in [-0.2, -0.15) is 0 Å². The maximum absolute atomic E-state index is 5.54. The molecule has 0 amide bonds. The van der Waals surface area contributed by atoms with Gasteiger partial charge in [0.25, 0.3) is 0 Å². The van der Waals surface area contributed by atoms with Gasteiger partial charge in [0.15, 0.2) is 0 Å². The van der Waals surface area contributed by atoms with Crippen LogP contribution >= 0.6 is 0 Å². The number of nitrogens with zero attached hydrogens (tertiary/aromatic N) is 3. The van der Waals surface area contributed by atoms with E-state index in [2.05, 4.69) is 247 Å². The Morgan fingerprint density at radius 3 is 1.48 bits per heavy atom. The van der Waals surface area contributed by atoms with Crippen LogP contribution in [0.25, 0.3) is 82.8 Å². The van der Waals surface area contributed by atoms with Crippen molar-refractivity contribution in [3.63, 3.8) is 0 Å². The topological polar surface area (TPSA) is 22.2 Å². The first-order chi connectivity index (χ1) is 31.7. The van der Waals surface area contributed by atoms with E-state index in [-0.39, 0.29) is 12.0 Å². The molecule has 64 heavy (non-hydrogen) atoms. The zero-order valence-electron chi connectivity index (χ0n) is 35.6. The SMILES string of the molecule is CCC1C(c2ccccc2)=CC(c2cccc(-c3ccc4c(c3)c3cc(-c5cccc(-n6c7ccccc7c7ccccc76)c5)ccc3n4-c3ccccc3)c2)=NC1c1ccccc1. The number of rotatable bonds is 8. The molecule has 9 aromatic carbocycles. The van der Waals surface area contributed by atoms with Crippen molar-refractivity contribution in [3.05, 3.63) is 247 Å². The molecule has 0 spiro atoms. The predicted octanol–water partition coefficient (Wildman–Crippen LogP) is 15.9. The number of benzene rings is 9. The summed E-state index contributed by atoms with van der Waals surface area (Å²) >= 11 is 0. The molecule has 11 aromatic rings. The monoisotopic (exact) mass is 819 g/mol. The highest BCUT2D eigenvalue weighted by Gasteiger charge is 2.30. The lowest BCUT2D eigenvalue weighted by Gasteiger charge is -2.31. The van der Waals surface area contributed by atoms with Gasteiger partial charge >= 0.3 is 0 Å². The Morgan fingerprint density at radius 2 is 0.844 bits per heavy atom. The summed E-state index contributed by atoms with van der Waals surface area (Å²) in [5.74, 6) is 0.280. The highest BCUT2D eigenvalue weighted by Crippen LogP contribution is 2.43. The largest absolute Gasteiger partial charge is 0.309 e. The van der Waals surface area contributed by atoms with Gasteiger partial charge in [0.05, 0.1) is 33.8 Å². The third kappa shape index (κ3) is 6.39. The average Bonchev–Trinajstić information content (AvgIpc) is 3.89. The average molecular weight is 820 g/mol. The van der Waals surface area contributed by atoms with E-state index in [1.807, 2.05) is 0 Å². The van der Waals surface area contributed by atoms with Crippen molar-refractivity contribution >= 4 is 54.9 Å². The van der Waals surface area contributed by atoms with Gasteiger partial charge < -0.3 is 9.13 Å². The molecule has 3 heterocycles. The van der Waals surface area contributed by atoms with Gasteiger partial charge in [-0.3, -0.25) is 4.99 Å². The number of aliphatic imine (C=N–C) groups is 1. The summed E-state index contributed by atoms with van der Waals surface area (Å²) in [5, 5.41) is 4.97. The fraction of sp³-hybridized carbons (Fsp3) is 0.0656. The molecule has 0 bridgehead atoms. The van der Waals surface area contributed by atoms with Crippen LogP contribution in [0, 0.1) is 5.92 Å². The molecular formula is C61H45N3. The smallest absolute Gasteiger partial charge is 0.0825 e. The van der Waals surface area contributed by atoms with Crippen molar-refractivity contribution in [3.8, 4) is 33.6 Å². The zero-order valence-corrected chi connectivity index (χ0v) is 35.6. The Labute approximate surface area is 373 Å². The van der Waals surface area contributed by atoms with E-state index in [1.165, 1.54) is 82.6 Å². The highest BCUT2D eigenvalue weighted by atomic mass is 15.0. The predicted molar refractivity (Wildman–Crippen MR) is 270 cm³/mol. The maximum Gasteiger partial charge on any atom is 0.0825 e. The summed E-state index contributed by atoms with van der Waals surface area (Å²) < 4.78 is 4.80. The molecule has 0 radical (unpaired) electrons. The van der Waals surface area contributed by atoms with Crippen LogP contribution in [0.4, 0.5) is 0 Å². The summed E-state index contributed by atoms with van der Waals surface area (Å²) in [5.41, 5.74) is 17.8. The molecule has 0 N–H and O–H groups in total. The number of allylic oxidation sites excluding steroid dienone is 1. The minimum atomic E-state index is 0.0300. The number of aromatic nitrogens is 2. The Morgan fingerprint density at radius 1 is 0.375 bits per heavy atom. The Hall–Kier alpha value is -8.01. The Kier molecular flexibility index (Phi) is 9.26. The lowest BCUT2D eigenvalue weighted by Crippen LogP contribution is -2.20. The van der Waals surface area contributed by atoms with E-state index in [0.29, 0.717) is 0 Å². The number of fused-ring (bicyclic) bond motifs is 6. The van der Waals surface area contributed by atoms with E-state index < -0.39 is 0 Å². The number of hydrogen-bond acceptors (Lipinski definition) is 1. The molecular weight excluding hydrogens is 775 g/mol.